The minimum atomic E-state index is -0.458. The molecule has 4 N–H and O–H groups in total. The lowest BCUT2D eigenvalue weighted by atomic mass is 9.95. The van der Waals surface area contributed by atoms with E-state index in [-0.39, 0.29) is 24.8 Å². The number of carbonyl (C=O) groups excluding carboxylic acids is 2. The standard InChI is InChI=1S/C28H34N2O5/c1-2-3-17-33-24-10-12-25(13-11-24)35-28(32)21-7-4-20(5-8-21)6-15-27(31)34-18-16-22-19-23(29)9-14-26(22)30/h2,4-9,14-15,19,24-25H,1,3,10-13,16-18,29-30H2. The molecule has 0 radical (unpaired) electrons. The largest absolute Gasteiger partial charge is 0.462 e. The zero-order valence-electron chi connectivity index (χ0n) is 20.0. The van der Waals surface area contributed by atoms with Crippen LogP contribution in [-0.4, -0.2) is 37.4 Å². The molecule has 1 saturated carbocycles. The molecule has 0 heterocycles. The molecule has 0 unspecified atom stereocenters. The van der Waals surface area contributed by atoms with Crippen LogP contribution in [0.5, 0.6) is 0 Å². The molecule has 1 aliphatic rings. The van der Waals surface area contributed by atoms with Gasteiger partial charge in [-0.3, -0.25) is 0 Å². The van der Waals surface area contributed by atoms with Crippen molar-refractivity contribution in [2.75, 3.05) is 24.7 Å². The minimum Gasteiger partial charge on any atom is -0.462 e. The van der Waals surface area contributed by atoms with Crippen molar-refractivity contribution in [3.63, 3.8) is 0 Å². The number of ether oxygens (including phenoxy) is 3. The second kappa shape index (κ2) is 13.3. The molecule has 0 aliphatic heterocycles. The van der Waals surface area contributed by atoms with Crippen LogP contribution in [0.4, 0.5) is 11.4 Å². The average molecular weight is 479 g/mol. The van der Waals surface area contributed by atoms with Crippen LogP contribution in [0.15, 0.2) is 61.2 Å². The molecule has 0 aromatic heterocycles. The maximum absolute atomic E-state index is 12.5. The summed E-state index contributed by atoms with van der Waals surface area (Å²) in [5, 5.41) is 0. The first-order valence-electron chi connectivity index (χ1n) is 12.0. The SMILES string of the molecule is C=CCCOC1CCC(OC(=O)c2ccc(C=CC(=O)OCCc3cc(N)ccc3N)cc2)CC1. The molecule has 3 rings (SSSR count). The molecular formula is C28H34N2O5. The van der Waals surface area contributed by atoms with Gasteiger partial charge in [0.25, 0.3) is 0 Å². The van der Waals surface area contributed by atoms with E-state index in [2.05, 4.69) is 6.58 Å². The molecule has 7 heteroatoms. The van der Waals surface area contributed by atoms with Gasteiger partial charge in [0.05, 0.1) is 24.9 Å². The fourth-order valence-electron chi connectivity index (χ4n) is 3.90. The van der Waals surface area contributed by atoms with E-state index in [0.717, 1.165) is 43.2 Å². The number of anilines is 2. The number of hydrogen-bond donors (Lipinski definition) is 2. The number of rotatable bonds is 11. The third-order valence-electron chi connectivity index (χ3n) is 5.91. The first-order valence-corrected chi connectivity index (χ1v) is 12.0. The van der Waals surface area contributed by atoms with Crippen molar-refractivity contribution >= 4 is 29.4 Å². The molecule has 0 amide bonds. The van der Waals surface area contributed by atoms with E-state index in [1.807, 2.05) is 6.08 Å². The Morgan fingerprint density at radius 1 is 0.971 bits per heavy atom. The lowest BCUT2D eigenvalue weighted by Crippen LogP contribution is -2.28. The lowest BCUT2D eigenvalue weighted by Gasteiger charge is -2.28. The Hall–Kier alpha value is -3.58. The van der Waals surface area contributed by atoms with Crippen LogP contribution in [0, 0.1) is 0 Å². The van der Waals surface area contributed by atoms with Crippen molar-refractivity contribution in [2.24, 2.45) is 0 Å². The molecule has 1 fully saturated rings. The van der Waals surface area contributed by atoms with E-state index in [1.165, 1.54) is 6.08 Å². The maximum Gasteiger partial charge on any atom is 0.338 e. The Labute approximate surface area is 206 Å². The van der Waals surface area contributed by atoms with Gasteiger partial charge in [-0.25, -0.2) is 9.59 Å². The average Bonchev–Trinajstić information content (AvgIpc) is 2.86. The van der Waals surface area contributed by atoms with Gasteiger partial charge in [0.15, 0.2) is 0 Å². The van der Waals surface area contributed by atoms with E-state index in [0.29, 0.717) is 30.0 Å². The van der Waals surface area contributed by atoms with Gasteiger partial charge in [-0.05, 0) is 79.6 Å². The van der Waals surface area contributed by atoms with E-state index in [9.17, 15) is 9.59 Å². The molecule has 35 heavy (non-hydrogen) atoms. The topological polar surface area (TPSA) is 114 Å². The number of benzene rings is 2. The molecule has 2 aromatic carbocycles. The predicted octanol–water partition coefficient (Wildman–Crippen LogP) is 4.71. The summed E-state index contributed by atoms with van der Waals surface area (Å²) in [7, 11) is 0. The van der Waals surface area contributed by atoms with Crippen molar-refractivity contribution in [1.29, 1.82) is 0 Å². The monoisotopic (exact) mass is 478 g/mol. The summed E-state index contributed by atoms with van der Waals surface area (Å²) in [6, 6.07) is 12.1. The molecule has 7 nitrogen and oxygen atoms in total. The maximum atomic E-state index is 12.5. The van der Waals surface area contributed by atoms with Gasteiger partial charge < -0.3 is 25.7 Å². The highest BCUT2D eigenvalue weighted by Crippen LogP contribution is 2.24. The second-order valence-corrected chi connectivity index (χ2v) is 8.58. The third kappa shape index (κ3) is 8.61. The molecule has 186 valence electrons. The predicted molar refractivity (Wildman–Crippen MR) is 138 cm³/mol. The van der Waals surface area contributed by atoms with Crippen LogP contribution >= 0.6 is 0 Å². The highest BCUT2D eigenvalue weighted by molar-refractivity contribution is 5.90. The Balaban J connectivity index is 1.39. The van der Waals surface area contributed by atoms with Gasteiger partial charge in [-0.1, -0.05) is 18.2 Å². The van der Waals surface area contributed by atoms with Gasteiger partial charge >= 0.3 is 11.9 Å². The van der Waals surface area contributed by atoms with Crippen LogP contribution in [0.25, 0.3) is 6.08 Å². The first-order chi connectivity index (χ1) is 16.9. The molecular weight excluding hydrogens is 444 g/mol. The summed E-state index contributed by atoms with van der Waals surface area (Å²) >= 11 is 0. The smallest absolute Gasteiger partial charge is 0.338 e. The van der Waals surface area contributed by atoms with Crippen LogP contribution < -0.4 is 11.5 Å². The molecule has 0 saturated heterocycles. The molecule has 2 aromatic rings. The molecule has 0 spiro atoms. The summed E-state index contributed by atoms with van der Waals surface area (Å²) in [5.41, 5.74) is 15.0. The Kier molecular flexibility index (Phi) is 9.93. The molecule has 1 aliphatic carbocycles. The number of hydrogen-bond acceptors (Lipinski definition) is 7. The Morgan fingerprint density at radius 2 is 1.69 bits per heavy atom. The van der Waals surface area contributed by atoms with E-state index < -0.39 is 5.97 Å². The van der Waals surface area contributed by atoms with E-state index in [4.69, 9.17) is 25.7 Å². The summed E-state index contributed by atoms with van der Waals surface area (Å²) < 4.78 is 16.7. The van der Waals surface area contributed by atoms with Crippen molar-refractivity contribution < 1.29 is 23.8 Å². The molecule has 0 bridgehead atoms. The van der Waals surface area contributed by atoms with Crippen molar-refractivity contribution in [3.8, 4) is 0 Å². The Bertz CT molecular complexity index is 1020. The zero-order chi connectivity index (χ0) is 25.0. The number of esters is 2. The van der Waals surface area contributed by atoms with Gasteiger partial charge in [0, 0.05) is 23.9 Å². The summed E-state index contributed by atoms with van der Waals surface area (Å²) in [5.74, 6) is -0.795. The van der Waals surface area contributed by atoms with Crippen molar-refractivity contribution in [2.45, 2.75) is 50.7 Å². The summed E-state index contributed by atoms with van der Waals surface area (Å²) in [6.45, 7) is 4.59. The first kappa shape index (κ1) is 26.0. The van der Waals surface area contributed by atoms with E-state index in [1.54, 1.807) is 48.5 Å². The normalized spacial score (nSPS) is 17.7. The fourth-order valence-corrected chi connectivity index (χ4v) is 3.90. The van der Waals surface area contributed by atoms with Gasteiger partial charge in [-0.2, -0.15) is 0 Å². The lowest BCUT2D eigenvalue weighted by molar-refractivity contribution is -0.137. The van der Waals surface area contributed by atoms with Crippen LogP contribution in [0.1, 0.15) is 53.6 Å². The number of carbonyl (C=O) groups is 2. The minimum absolute atomic E-state index is 0.0845. The van der Waals surface area contributed by atoms with Crippen molar-refractivity contribution in [3.05, 3.63) is 77.9 Å². The van der Waals surface area contributed by atoms with Gasteiger partial charge in [0.1, 0.15) is 6.10 Å². The highest BCUT2D eigenvalue weighted by Gasteiger charge is 2.24. The van der Waals surface area contributed by atoms with E-state index >= 15 is 0 Å². The second-order valence-electron chi connectivity index (χ2n) is 8.58. The zero-order valence-corrected chi connectivity index (χ0v) is 20.0. The third-order valence-corrected chi connectivity index (χ3v) is 5.91. The van der Waals surface area contributed by atoms with Crippen LogP contribution in [0.3, 0.4) is 0 Å². The van der Waals surface area contributed by atoms with Crippen LogP contribution in [-0.2, 0) is 25.4 Å². The number of nitrogen functional groups attached to an aromatic ring is 2. The Morgan fingerprint density at radius 3 is 2.40 bits per heavy atom. The quantitative estimate of drug-likeness (QED) is 0.158. The number of nitrogens with two attached hydrogens (primary N) is 2. The van der Waals surface area contributed by atoms with Gasteiger partial charge in [-0.15, -0.1) is 6.58 Å². The summed E-state index contributed by atoms with van der Waals surface area (Å²) in [6.07, 6.45) is 9.71. The summed E-state index contributed by atoms with van der Waals surface area (Å²) in [4.78, 5) is 24.5. The van der Waals surface area contributed by atoms with Crippen molar-refractivity contribution in [1.82, 2.24) is 0 Å². The van der Waals surface area contributed by atoms with Gasteiger partial charge in [0.2, 0.25) is 0 Å². The highest BCUT2D eigenvalue weighted by atomic mass is 16.5. The van der Waals surface area contributed by atoms with Crippen LogP contribution in [0.2, 0.25) is 0 Å². The molecule has 0 atom stereocenters. The fraction of sp³-hybridized carbons (Fsp3) is 0.357.